The minimum Gasteiger partial charge on any atom is -0.407 e. The quantitative estimate of drug-likeness (QED) is 0.485. The molecule has 30 heavy (non-hydrogen) atoms. The van der Waals surface area contributed by atoms with E-state index in [1.54, 1.807) is 0 Å². The topological polar surface area (TPSA) is 120 Å². The summed E-state index contributed by atoms with van der Waals surface area (Å²) in [7, 11) is 0. The van der Waals surface area contributed by atoms with Crippen LogP contribution in [0.15, 0.2) is 51.7 Å². The SMILES string of the molecule is O=C(Cn1c(=O)oc2cc([N+](=O)[O-])ccc21)Nc1ccc(CN2CCOCC2)cc1. The molecule has 10 nitrogen and oxygen atoms in total. The Morgan fingerprint density at radius 3 is 2.57 bits per heavy atom. The Balaban J connectivity index is 1.41. The molecule has 10 heteroatoms. The first-order chi connectivity index (χ1) is 14.5. The van der Waals surface area contributed by atoms with Gasteiger partial charge in [-0.25, -0.2) is 4.79 Å². The number of nitro benzene ring substituents is 1. The minimum atomic E-state index is -0.749. The van der Waals surface area contributed by atoms with Gasteiger partial charge >= 0.3 is 5.76 Å². The largest absolute Gasteiger partial charge is 0.420 e. The number of ether oxygens (including phenoxy) is 1. The lowest BCUT2D eigenvalue weighted by atomic mass is 10.2. The number of oxazole rings is 1. The van der Waals surface area contributed by atoms with E-state index in [0.717, 1.165) is 43.0 Å². The van der Waals surface area contributed by atoms with Crippen molar-refractivity contribution in [2.75, 3.05) is 31.6 Å². The Bertz CT molecular complexity index is 1130. The standard InChI is InChI=1S/C20H20N4O6/c25-19(13-23-17-6-5-16(24(27)28)11-18(17)30-20(23)26)21-15-3-1-14(2-4-15)12-22-7-9-29-10-8-22/h1-6,11H,7-10,12-13H2,(H,21,25). The summed E-state index contributed by atoms with van der Waals surface area (Å²) in [6.45, 7) is 3.83. The molecule has 3 aromatic rings. The zero-order chi connectivity index (χ0) is 21.1. The maximum absolute atomic E-state index is 12.4. The fraction of sp³-hybridized carbons (Fsp3) is 0.300. The van der Waals surface area contributed by atoms with Crippen molar-refractivity contribution in [3.63, 3.8) is 0 Å². The van der Waals surface area contributed by atoms with Gasteiger partial charge in [0.15, 0.2) is 5.58 Å². The molecule has 0 atom stereocenters. The average Bonchev–Trinajstić information content (AvgIpc) is 3.04. The van der Waals surface area contributed by atoms with E-state index < -0.39 is 16.6 Å². The third-order valence-electron chi connectivity index (χ3n) is 4.91. The highest BCUT2D eigenvalue weighted by atomic mass is 16.6. The average molecular weight is 412 g/mol. The molecular formula is C20H20N4O6. The van der Waals surface area contributed by atoms with Crippen molar-refractivity contribution in [3.05, 3.63) is 68.7 Å². The van der Waals surface area contributed by atoms with Crippen molar-refractivity contribution in [1.29, 1.82) is 0 Å². The highest BCUT2D eigenvalue weighted by molar-refractivity contribution is 5.91. The summed E-state index contributed by atoms with van der Waals surface area (Å²) < 4.78 is 11.5. The first kappa shape index (κ1) is 19.8. The highest BCUT2D eigenvalue weighted by Gasteiger charge is 2.16. The number of hydrogen-bond donors (Lipinski definition) is 1. The van der Waals surface area contributed by atoms with Crippen LogP contribution in [0.4, 0.5) is 11.4 Å². The van der Waals surface area contributed by atoms with E-state index in [1.165, 1.54) is 18.2 Å². The van der Waals surface area contributed by atoms with Gasteiger partial charge in [0.05, 0.1) is 29.7 Å². The molecule has 1 N–H and O–H groups in total. The van der Waals surface area contributed by atoms with Gasteiger partial charge in [-0.15, -0.1) is 0 Å². The summed E-state index contributed by atoms with van der Waals surface area (Å²) in [5, 5.41) is 13.6. The number of nitrogens with one attached hydrogen (secondary N) is 1. The molecule has 2 aromatic carbocycles. The maximum atomic E-state index is 12.4. The molecule has 1 aliphatic rings. The van der Waals surface area contributed by atoms with Gasteiger partial charge in [0.1, 0.15) is 6.54 Å². The van der Waals surface area contributed by atoms with Crippen molar-refractivity contribution in [2.45, 2.75) is 13.1 Å². The number of carbonyl (C=O) groups excluding carboxylic acids is 1. The Morgan fingerprint density at radius 2 is 1.87 bits per heavy atom. The second-order valence-corrected chi connectivity index (χ2v) is 7.00. The number of nitrogens with zero attached hydrogens (tertiary/aromatic N) is 3. The molecule has 0 aliphatic carbocycles. The zero-order valence-corrected chi connectivity index (χ0v) is 16.1. The van der Waals surface area contributed by atoms with Crippen LogP contribution in [-0.2, 0) is 22.6 Å². The Labute approximate surface area is 170 Å². The van der Waals surface area contributed by atoms with Gasteiger partial charge in [-0.1, -0.05) is 12.1 Å². The number of carbonyl (C=O) groups is 1. The van der Waals surface area contributed by atoms with Crippen LogP contribution in [0, 0.1) is 10.1 Å². The normalized spacial score (nSPS) is 14.7. The first-order valence-electron chi connectivity index (χ1n) is 9.46. The molecule has 1 amide bonds. The van der Waals surface area contributed by atoms with Crippen LogP contribution in [0.1, 0.15) is 5.56 Å². The summed E-state index contributed by atoms with van der Waals surface area (Å²) >= 11 is 0. The van der Waals surface area contributed by atoms with E-state index in [9.17, 15) is 19.7 Å². The molecule has 0 unspecified atom stereocenters. The zero-order valence-electron chi connectivity index (χ0n) is 16.1. The molecule has 0 spiro atoms. The number of morpholine rings is 1. The van der Waals surface area contributed by atoms with Crippen LogP contribution in [0.3, 0.4) is 0 Å². The number of rotatable bonds is 6. The van der Waals surface area contributed by atoms with Gasteiger partial charge in [-0.05, 0) is 23.8 Å². The van der Waals surface area contributed by atoms with E-state index in [2.05, 4.69) is 10.2 Å². The number of fused-ring (bicyclic) bond motifs is 1. The Hall–Kier alpha value is -3.50. The smallest absolute Gasteiger partial charge is 0.407 e. The monoisotopic (exact) mass is 412 g/mol. The number of hydrogen-bond acceptors (Lipinski definition) is 7. The lowest BCUT2D eigenvalue weighted by Crippen LogP contribution is -2.35. The number of nitro groups is 1. The van der Waals surface area contributed by atoms with Gasteiger partial charge in [-0.3, -0.25) is 24.4 Å². The lowest BCUT2D eigenvalue weighted by molar-refractivity contribution is -0.384. The van der Waals surface area contributed by atoms with Crippen LogP contribution in [0.25, 0.3) is 11.1 Å². The minimum absolute atomic E-state index is 0.0643. The fourth-order valence-corrected chi connectivity index (χ4v) is 3.37. The van der Waals surface area contributed by atoms with E-state index in [4.69, 9.17) is 9.15 Å². The Morgan fingerprint density at radius 1 is 1.13 bits per heavy atom. The molecule has 156 valence electrons. The van der Waals surface area contributed by atoms with Gasteiger partial charge < -0.3 is 14.5 Å². The van der Waals surface area contributed by atoms with Crippen LogP contribution < -0.4 is 11.1 Å². The van der Waals surface area contributed by atoms with Crippen molar-refractivity contribution < 1.29 is 18.9 Å². The molecule has 2 heterocycles. The molecular weight excluding hydrogens is 392 g/mol. The lowest BCUT2D eigenvalue weighted by Gasteiger charge is -2.26. The van der Waals surface area contributed by atoms with Crippen LogP contribution in [-0.4, -0.2) is 46.6 Å². The summed E-state index contributed by atoms with van der Waals surface area (Å²) in [6.07, 6.45) is 0. The molecule has 0 saturated carbocycles. The van der Waals surface area contributed by atoms with E-state index in [-0.39, 0.29) is 17.8 Å². The molecule has 0 radical (unpaired) electrons. The van der Waals surface area contributed by atoms with Crippen molar-refractivity contribution >= 4 is 28.4 Å². The molecule has 4 rings (SSSR count). The van der Waals surface area contributed by atoms with Crippen molar-refractivity contribution in [3.8, 4) is 0 Å². The van der Waals surface area contributed by atoms with Gasteiger partial charge in [0, 0.05) is 31.4 Å². The Kier molecular flexibility index (Phi) is 5.59. The maximum Gasteiger partial charge on any atom is 0.420 e. The molecule has 1 aromatic heterocycles. The van der Waals surface area contributed by atoms with Crippen LogP contribution >= 0.6 is 0 Å². The predicted octanol–water partition coefficient (Wildman–Crippen LogP) is 1.97. The summed E-state index contributed by atoms with van der Waals surface area (Å²) in [5.74, 6) is -1.15. The number of amides is 1. The van der Waals surface area contributed by atoms with Gasteiger partial charge in [0.2, 0.25) is 5.91 Å². The van der Waals surface area contributed by atoms with Crippen molar-refractivity contribution in [1.82, 2.24) is 9.47 Å². The molecule has 1 fully saturated rings. The summed E-state index contributed by atoms with van der Waals surface area (Å²) in [4.78, 5) is 37.1. The third kappa shape index (κ3) is 4.39. The second kappa shape index (κ2) is 8.47. The first-order valence-corrected chi connectivity index (χ1v) is 9.46. The van der Waals surface area contributed by atoms with Gasteiger partial charge in [-0.2, -0.15) is 0 Å². The van der Waals surface area contributed by atoms with Crippen LogP contribution in [0.5, 0.6) is 0 Å². The number of benzene rings is 2. The molecule has 1 aliphatic heterocycles. The van der Waals surface area contributed by atoms with E-state index >= 15 is 0 Å². The van der Waals surface area contributed by atoms with Gasteiger partial charge in [0.25, 0.3) is 5.69 Å². The summed E-state index contributed by atoms with van der Waals surface area (Å²) in [5.41, 5.74) is 1.94. The number of non-ortho nitro benzene ring substituents is 1. The highest BCUT2D eigenvalue weighted by Crippen LogP contribution is 2.20. The van der Waals surface area contributed by atoms with E-state index in [1.807, 2.05) is 24.3 Å². The van der Waals surface area contributed by atoms with E-state index in [0.29, 0.717) is 11.2 Å². The predicted molar refractivity (Wildman–Crippen MR) is 108 cm³/mol. The fourth-order valence-electron chi connectivity index (χ4n) is 3.37. The van der Waals surface area contributed by atoms with Crippen molar-refractivity contribution in [2.24, 2.45) is 0 Å². The molecule has 0 bridgehead atoms. The number of aromatic nitrogens is 1. The number of anilines is 1. The van der Waals surface area contributed by atoms with Crippen LogP contribution in [0.2, 0.25) is 0 Å². The molecule has 1 saturated heterocycles. The second-order valence-electron chi connectivity index (χ2n) is 7.00. The third-order valence-corrected chi connectivity index (χ3v) is 4.91. The summed E-state index contributed by atoms with van der Waals surface area (Å²) in [6, 6.07) is 11.3.